The summed E-state index contributed by atoms with van der Waals surface area (Å²) in [5, 5.41) is 0. The van der Waals surface area contributed by atoms with E-state index in [1.54, 1.807) is 31.6 Å². The van der Waals surface area contributed by atoms with Crippen LogP contribution >= 0.6 is 11.3 Å². The van der Waals surface area contributed by atoms with Gasteiger partial charge in [-0.05, 0) is 43.7 Å². The van der Waals surface area contributed by atoms with Gasteiger partial charge in [-0.2, -0.15) is 0 Å². The smallest absolute Gasteiger partial charge is 0.338 e. The van der Waals surface area contributed by atoms with Crippen LogP contribution in [0.15, 0.2) is 69.6 Å². The number of allylic oxidation sites excluding steroid dienone is 1. The van der Waals surface area contributed by atoms with Crippen LogP contribution in [0.25, 0.3) is 6.08 Å². The summed E-state index contributed by atoms with van der Waals surface area (Å²) < 4.78 is 12.9. The summed E-state index contributed by atoms with van der Waals surface area (Å²) in [7, 11) is 5.52. The standard InChI is InChI=1S/C26H27N3O4S/c1-6-33-25(31)22-16(2)27-26-29(23(22)17-11-13-19(14-12-17)28(3)4)24(30)21(34-26)15-18-9-7-8-10-20(18)32-5/h7-15,23H,6H2,1-5H3/b21-15+/t23-/m0/s1. The van der Waals surface area contributed by atoms with Crippen LogP contribution in [-0.2, 0) is 9.53 Å². The largest absolute Gasteiger partial charge is 0.496 e. The number of para-hydroxylation sites is 1. The van der Waals surface area contributed by atoms with E-state index in [1.165, 1.54) is 11.3 Å². The minimum absolute atomic E-state index is 0.217. The summed E-state index contributed by atoms with van der Waals surface area (Å²) in [6.07, 6.45) is 1.80. The Morgan fingerprint density at radius 1 is 1.18 bits per heavy atom. The van der Waals surface area contributed by atoms with Gasteiger partial charge in [-0.3, -0.25) is 9.36 Å². The number of hydrogen-bond acceptors (Lipinski definition) is 7. The molecule has 4 rings (SSSR count). The minimum atomic E-state index is -0.633. The molecule has 2 aromatic carbocycles. The van der Waals surface area contributed by atoms with Crippen LogP contribution in [0.3, 0.4) is 0 Å². The number of ether oxygens (including phenoxy) is 2. The number of esters is 1. The number of nitrogens with zero attached hydrogens (tertiary/aromatic N) is 3. The molecule has 0 bridgehead atoms. The number of methoxy groups -OCH3 is 1. The second-order valence-corrected chi connectivity index (χ2v) is 9.04. The Morgan fingerprint density at radius 3 is 2.53 bits per heavy atom. The summed E-state index contributed by atoms with van der Waals surface area (Å²) in [5.74, 6) is 0.206. The van der Waals surface area contributed by atoms with E-state index in [0.717, 1.165) is 16.8 Å². The summed E-state index contributed by atoms with van der Waals surface area (Å²) in [5.41, 5.74) is 3.33. The number of aromatic nitrogens is 1. The van der Waals surface area contributed by atoms with E-state index < -0.39 is 12.0 Å². The van der Waals surface area contributed by atoms with Crippen molar-refractivity contribution in [1.29, 1.82) is 0 Å². The molecule has 0 amide bonds. The molecule has 1 aliphatic rings. The SMILES string of the molecule is CCOC(=O)C1=C(C)N=c2s/c(=C/c3ccccc3OC)c(=O)n2[C@H]1c1ccc(N(C)C)cc1. The van der Waals surface area contributed by atoms with Crippen molar-refractivity contribution in [3.63, 3.8) is 0 Å². The van der Waals surface area contributed by atoms with Crippen LogP contribution in [0.5, 0.6) is 5.75 Å². The number of carbonyl (C=O) groups is 1. The van der Waals surface area contributed by atoms with Crippen molar-refractivity contribution in [3.8, 4) is 5.75 Å². The first-order chi connectivity index (χ1) is 16.3. The van der Waals surface area contributed by atoms with E-state index in [4.69, 9.17) is 9.47 Å². The molecule has 0 aliphatic carbocycles. The maximum atomic E-state index is 13.7. The monoisotopic (exact) mass is 477 g/mol. The maximum Gasteiger partial charge on any atom is 0.338 e. The highest BCUT2D eigenvalue weighted by Crippen LogP contribution is 2.31. The van der Waals surface area contributed by atoms with Crippen molar-refractivity contribution in [2.24, 2.45) is 4.99 Å². The van der Waals surface area contributed by atoms with Crippen LogP contribution in [0, 0.1) is 0 Å². The minimum Gasteiger partial charge on any atom is -0.496 e. The van der Waals surface area contributed by atoms with E-state index in [2.05, 4.69) is 4.99 Å². The lowest BCUT2D eigenvalue weighted by Crippen LogP contribution is -2.39. The van der Waals surface area contributed by atoms with Gasteiger partial charge in [0.25, 0.3) is 5.56 Å². The first-order valence-corrected chi connectivity index (χ1v) is 11.8. The van der Waals surface area contributed by atoms with Crippen LogP contribution in [-0.4, -0.2) is 38.3 Å². The molecule has 1 aliphatic heterocycles. The van der Waals surface area contributed by atoms with Crippen LogP contribution in [0.1, 0.15) is 31.0 Å². The Balaban J connectivity index is 1.95. The van der Waals surface area contributed by atoms with Crippen molar-refractivity contribution in [2.75, 3.05) is 32.7 Å². The molecule has 0 unspecified atom stereocenters. The van der Waals surface area contributed by atoms with Gasteiger partial charge in [0.2, 0.25) is 0 Å². The van der Waals surface area contributed by atoms with Crippen molar-refractivity contribution in [2.45, 2.75) is 19.9 Å². The highest BCUT2D eigenvalue weighted by molar-refractivity contribution is 7.07. The van der Waals surface area contributed by atoms with Crippen molar-refractivity contribution in [3.05, 3.63) is 90.6 Å². The Bertz CT molecular complexity index is 1430. The van der Waals surface area contributed by atoms with E-state index in [0.29, 0.717) is 26.4 Å². The van der Waals surface area contributed by atoms with Gasteiger partial charge in [0, 0.05) is 25.3 Å². The van der Waals surface area contributed by atoms with Gasteiger partial charge in [0.15, 0.2) is 4.80 Å². The zero-order valence-electron chi connectivity index (χ0n) is 19.9. The molecule has 1 aromatic heterocycles. The summed E-state index contributed by atoms with van der Waals surface area (Å²) >= 11 is 1.29. The predicted molar refractivity (Wildman–Crippen MR) is 134 cm³/mol. The summed E-state index contributed by atoms with van der Waals surface area (Å²) in [6, 6.07) is 14.7. The number of rotatable bonds is 6. The van der Waals surface area contributed by atoms with Gasteiger partial charge in [0.05, 0.1) is 35.6 Å². The Morgan fingerprint density at radius 2 is 1.88 bits per heavy atom. The topological polar surface area (TPSA) is 73.1 Å². The first kappa shape index (κ1) is 23.5. The highest BCUT2D eigenvalue weighted by Gasteiger charge is 2.33. The fraction of sp³-hybridized carbons (Fsp3) is 0.269. The molecule has 0 saturated heterocycles. The first-order valence-electron chi connectivity index (χ1n) is 11.0. The molecule has 0 N–H and O–H groups in total. The van der Waals surface area contributed by atoms with Gasteiger partial charge in [-0.25, -0.2) is 9.79 Å². The van der Waals surface area contributed by atoms with Crippen molar-refractivity contribution >= 4 is 29.1 Å². The second-order valence-electron chi connectivity index (χ2n) is 8.03. The zero-order chi connectivity index (χ0) is 24.4. The lowest BCUT2D eigenvalue weighted by Gasteiger charge is -2.25. The van der Waals surface area contributed by atoms with Gasteiger partial charge in [-0.15, -0.1) is 0 Å². The molecule has 2 heterocycles. The molecule has 34 heavy (non-hydrogen) atoms. The van der Waals surface area contributed by atoms with Crippen molar-refractivity contribution in [1.82, 2.24) is 4.57 Å². The molecule has 1 atom stereocenters. The average Bonchev–Trinajstić information content (AvgIpc) is 3.13. The predicted octanol–water partition coefficient (Wildman–Crippen LogP) is 2.87. The lowest BCUT2D eigenvalue weighted by molar-refractivity contribution is -0.139. The van der Waals surface area contributed by atoms with Crippen molar-refractivity contribution < 1.29 is 14.3 Å². The molecule has 7 nitrogen and oxygen atoms in total. The van der Waals surface area contributed by atoms with Gasteiger partial charge >= 0.3 is 5.97 Å². The summed E-state index contributed by atoms with van der Waals surface area (Å²) in [6.45, 7) is 3.78. The number of hydrogen-bond donors (Lipinski definition) is 0. The Hall–Kier alpha value is -3.65. The van der Waals surface area contributed by atoms with E-state index >= 15 is 0 Å². The fourth-order valence-electron chi connectivity index (χ4n) is 3.99. The summed E-state index contributed by atoms with van der Waals surface area (Å²) in [4.78, 5) is 33.8. The molecule has 0 radical (unpaired) electrons. The second kappa shape index (κ2) is 9.69. The Labute approximate surface area is 201 Å². The molecule has 0 spiro atoms. The number of fused-ring (bicyclic) bond motifs is 1. The normalized spacial score (nSPS) is 15.6. The number of anilines is 1. The molecular formula is C26H27N3O4S. The fourth-order valence-corrected chi connectivity index (χ4v) is 5.03. The van der Waals surface area contributed by atoms with E-state index in [-0.39, 0.29) is 12.2 Å². The average molecular weight is 478 g/mol. The quantitative estimate of drug-likeness (QED) is 0.511. The number of thiazole rings is 1. The third-order valence-corrected chi connectivity index (χ3v) is 6.65. The molecule has 3 aromatic rings. The van der Waals surface area contributed by atoms with Crippen LogP contribution < -0.4 is 24.5 Å². The lowest BCUT2D eigenvalue weighted by atomic mass is 9.95. The number of carbonyl (C=O) groups excluding carboxylic acids is 1. The maximum absolute atomic E-state index is 13.7. The Kier molecular flexibility index (Phi) is 6.70. The zero-order valence-corrected chi connectivity index (χ0v) is 20.7. The molecule has 176 valence electrons. The molecule has 0 fully saturated rings. The molecule has 8 heteroatoms. The van der Waals surface area contributed by atoms with E-state index in [1.807, 2.05) is 67.5 Å². The van der Waals surface area contributed by atoms with Gasteiger partial charge < -0.3 is 14.4 Å². The number of benzene rings is 2. The molecule has 0 saturated carbocycles. The van der Waals surface area contributed by atoms with Crippen LogP contribution in [0.2, 0.25) is 0 Å². The van der Waals surface area contributed by atoms with E-state index in [9.17, 15) is 9.59 Å². The van der Waals surface area contributed by atoms with Gasteiger partial charge in [0.1, 0.15) is 5.75 Å². The highest BCUT2D eigenvalue weighted by atomic mass is 32.1. The van der Waals surface area contributed by atoms with Gasteiger partial charge in [-0.1, -0.05) is 41.7 Å². The third-order valence-electron chi connectivity index (χ3n) is 5.67. The third kappa shape index (κ3) is 4.28. The molecular weight excluding hydrogens is 450 g/mol. The van der Waals surface area contributed by atoms with Crippen LogP contribution in [0.4, 0.5) is 5.69 Å².